The summed E-state index contributed by atoms with van der Waals surface area (Å²) >= 11 is 0. The van der Waals surface area contributed by atoms with E-state index in [1.807, 2.05) is 0 Å². The molecule has 0 atom stereocenters. The second-order valence-corrected chi connectivity index (χ2v) is 14.6. The molecule has 57 heavy (non-hydrogen) atoms. The smallest absolute Gasteiger partial charge is 0.138 e. The van der Waals surface area contributed by atoms with Crippen molar-refractivity contribution in [2.75, 3.05) is 9.80 Å². The van der Waals surface area contributed by atoms with E-state index in [-0.39, 0.29) is 0 Å². The minimum absolute atomic E-state index is 0.840. The van der Waals surface area contributed by atoms with E-state index in [1.165, 1.54) is 22.3 Å². The summed E-state index contributed by atoms with van der Waals surface area (Å²) in [5, 5.41) is 4.51. The van der Waals surface area contributed by atoms with Gasteiger partial charge in [-0.2, -0.15) is 0 Å². The highest BCUT2D eigenvalue weighted by atomic mass is 16.3. The Labute approximate surface area is 333 Å². The highest BCUT2D eigenvalue weighted by Gasteiger charge is 2.24. The molecule has 0 saturated carbocycles. The highest BCUT2D eigenvalue weighted by molar-refractivity contribution is 6.23. The van der Waals surface area contributed by atoms with Crippen LogP contribution in [0.15, 0.2) is 211 Å². The largest absolute Gasteiger partial charge is 0.456 e. The summed E-state index contributed by atoms with van der Waals surface area (Å²) in [4.78, 5) is 4.78. The monoisotopic (exact) mass is 732 g/mol. The number of hydrogen-bond acceptors (Lipinski definition) is 3. The van der Waals surface area contributed by atoms with Crippen LogP contribution in [0.3, 0.4) is 0 Å². The summed E-state index contributed by atoms with van der Waals surface area (Å²) in [5.74, 6) is 0. The predicted octanol–water partition coefficient (Wildman–Crippen LogP) is 15.6. The van der Waals surface area contributed by atoms with Crippen molar-refractivity contribution in [3.8, 4) is 22.3 Å². The van der Waals surface area contributed by atoms with E-state index in [2.05, 4.69) is 230 Å². The molecule has 1 aromatic heterocycles. The standard InChI is InChI=1S/C54H40N2O/c1-37-19-9-15-29-47(37)55(49-31-17-13-25-42(49)39-21-5-3-6-22-39)41-33-34-46-52(35-41)57-53-36-51(44-27-11-12-28-45(44)54(46)53)56(48-30-16-10-20-38(48)2)50-32-18-14-26-43(50)40-23-7-4-8-24-40/h3-36H,1-2H3. The Morgan fingerprint density at radius 1 is 0.333 bits per heavy atom. The van der Waals surface area contributed by atoms with E-state index < -0.39 is 0 Å². The maximum Gasteiger partial charge on any atom is 0.138 e. The molecule has 0 unspecified atom stereocenters. The molecule has 0 fully saturated rings. The van der Waals surface area contributed by atoms with Gasteiger partial charge in [-0.3, -0.25) is 0 Å². The molecule has 0 aliphatic rings. The summed E-state index contributed by atoms with van der Waals surface area (Å²) in [6.07, 6.45) is 0. The molecule has 0 radical (unpaired) electrons. The molecule has 3 nitrogen and oxygen atoms in total. The number of fused-ring (bicyclic) bond motifs is 5. The molecule has 9 aromatic carbocycles. The van der Waals surface area contributed by atoms with E-state index in [0.29, 0.717) is 0 Å². The third-order valence-electron chi connectivity index (χ3n) is 11.1. The van der Waals surface area contributed by atoms with E-state index in [9.17, 15) is 0 Å². The predicted molar refractivity (Wildman–Crippen MR) is 241 cm³/mol. The molecule has 0 saturated heterocycles. The van der Waals surface area contributed by atoms with Gasteiger partial charge in [-0.05, 0) is 77.9 Å². The average Bonchev–Trinajstić information content (AvgIpc) is 3.64. The van der Waals surface area contributed by atoms with E-state index in [0.717, 1.165) is 78.0 Å². The van der Waals surface area contributed by atoms with Crippen molar-refractivity contribution in [2.24, 2.45) is 0 Å². The summed E-state index contributed by atoms with van der Waals surface area (Å²) in [5.41, 5.74) is 15.3. The molecule has 1 heterocycles. The van der Waals surface area contributed by atoms with Crippen molar-refractivity contribution in [2.45, 2.75) is 13.8 Å². The van der Waals surface area contributed by atoms with Gasteiger partial charge in [-0.15, -0.1) is 0 Å². The molecule has 0 bridgehead atoms. The van der Waals surface area contributed by atoms with Crippen LogP contribution in [0.1, 0.15) is 11.1 Å². The van der Waals surface area contributed by atoms with Crippen LogP contribution < -0.4 is 9.80 Å². The number of anilines is 6. The first-order valence-electron chi connectivity index (χ1n) is 19.5. The van der Waals surface area contributed by atoms with Gasteiger partial charge in [0.1, 0.15) is 11.2 Å². The van der Waals surface area contributed by atoms with Gasteiger partial charge in [-0.1, -0.05) is 158 Å². The van der Waals surface area contributed by atoms with Gasteiger partial charge >= 0.3 is 0 Å². The zero-order valence-electron chi connectivity index (χ0n) is 31.9. The van der Waals surface area contributed by atoms with E-state index >= 15 is 0 Å². The number of nitrogens with zero attached hydrogens (tertiary/aromatic N) is 2. The Hall–Kier alpha value is -7.36. The Balaban J connectivity index is 1.21. The number of aryl methyl sites for hydroxylation is 2. The summed E-state index contributed by atoms with van der Waals surface area (Å²) in [6, 6.07) is 73.6. The van der Waals surface area contributed by atoms with Crippen molar-refractivity contribution in [3.63, 3.8) is 0 Å². The van der Waals surface area contributed by atoms with Crippen molar-refractivity contribution in [1.29, 1.82) is 0 Å². The van der Waals surface area contributed by atoms with Crippen LogP contribution in [0.2, 0.25) is 0 Å². The van der Waals surface area contributed by atoms with Gasteiger partial charge in [-0.25, -0.2) is 0 Å². The summed E-state index contributed by atoms with van der Waals surface area (Å²) in [7, 11) is 0. The molecule has 10 rings (SSSR count). The lowest BCUT2D eigenvalue weighted by Crippen LogP contribution is -2.13. The fraction of sp³-hybridized carbons (Fsp3) is 0.0370. The molecule has 0 aliphatic heterocycles. The van der Waals surface area contributed by atoms with Crippen molar-refractivity contribution in [3.05, 3.63) is 217 Å². The molecule has 0 aliphatic carbocycles. The lowest BCUT2D eigenvalue weighted by molar-refractivity contribution is 0.669. The number of hydrogen-bond donors (Lipinski definition) is 0. The number of furan rings is 1. The van der Waals surface area contributed by atoms with E-state index in [1.54, 1.807) is 0 Å². The Kier molecular flexibility index (Phi) is 8.61. The van der Waals surface area contributed by atoms with Crippen LogP contribution >= 0.6 is 0 Å². The first-order chi connectivity index (χ1) is 28.1. The van der Waals surface area contributed by atoms with Gasteiger partial charge in [0.2, 0.25) is 0 Å². The molecule has 0 spiro atoms. The van der Waals surface area contributed by atoms with Gasteiger partial charge in [0.15, 0.2) is 0 Å². The fourth-order valence-corrected chi connectivity index (χ4v) is 8.42. The van der Waals surface area contributed by atoms with Crippen LogP contribution in [0.5, 0.6) is 0 Å². The van der Waals surface area contributed by atoms with Gasteiger partial charge in [0, 0.05) is 56.5 Å². The number of benzene rings is 9. The third kappa shape index (κ3) is 6.01. The first kappa shape index (κ1) is 34.2. The Morgan fingerprint density at radius 3 is 1.40 bits per heavy atom. The minimum atomic E-state index is 0.840. The van der Waals surface area contributed by atoms with Crippen LogP contribution in [-0.2, 0) is 0 Å². The fourth-order valence-electron chi connectivity index (χ4n) is 8.42. The van der Waals surface area contributed by atoms with Crippen molar-refractivity contribution in [1.82, 2.24) is 0 Å². The van der Waals surface area contributed by atoms with Gasteiger partial charge in [0.25, 0.3) is 0 Å². The summed E-state index contributed by atoms with van der Waals surface area (Å²) < 4.78 is 7.02. The second kappa shape index (κ2) is 14.4. The summed E-state index contributed by atoms with van der Waals surface area (Å²) in [6.45, 7) is 4.37. The SMILES string of the molecule is Cc1ccccc1N(c1ccc2c(c1)oc1cc(N(c3ccccc3C)c3ccccc3-c3ccccc3)c3ccccc3c12)c1ccccc1-c1ccccc1. The second-order valence-electron chi connectivity index (χ2n) is 14.6. The average molecular weight is 733 g/mol. The van der Waals surface area contributed by atoms with Crippen LogP contribution in [0.25, 0.3) is 55.0 Å². The molecular formula is C54H40N2O. The molecular weight excluding hydrogens is 693 g/mol. The molecule has 3 heteroatoms. The van der Waals surface area contributed by atoms with Gasteiger partial charge < -0.3 is 14.2 Å². The zero-order valence-corrected chi connectivity index (χ0v) is 31.9. The van der Waals surface area contributed by atoms with Crippen LogP contribution in [0.4, 0.5) is 34.1 Å². The molecule has 0 amide bonds. The normalized spacial score (nSPS) is 11.3. The quantitative estimate of drug-likeness (QED) is 0.155. The van der Waals surface area contributed by atoms with Crippen molar-refractivity contribution >= 4 is 66.8 Å². The zero-order chi connectivity index (χ0) is 38.3. The molecule has 0 N–H and O–H groups in total. The minimum Gasteiger partial charge on any atom is -0.456 e. The topological polar surface area (TPSA) is 19.6 Å². The maximum absolute atomic E-state index is 7.02. The molecule has 10 aromatic rings. The molecule has 272 valence electrons. The maximum atomic E-state index is 7.02. The van der Waals surface area contributed by atoms with E-state index in [4.69, 9.17) is 4.42 Å². The van der Waals surface area contributed by atoms with Gasteiger partial charge in [0.05, 0.1) is 17.1 Å². The number of para-hydroxylation sites is 4. The van der Waals surface area contributed by atoms with Crippen molar-refractivity contribution < 1.29 is 4.42 Å². The van der Waals surface area contributed by atoms with Crippen LogP contribution in [0, 0.1) is 13.8 Å². The number of rotatable bonds is 8. The highest BCUT2D eigenvalue weighted by Crippen LogP contribution is 2.49. The Morgan fingerprint density at radius 2 is 0.807 bits per heavy atom. The Bertz CT molecular complexity index is 3060. The van der Waals surface area contributed by atoms with Crippen LogP contribution in [-0.4, -0.2) is 0 Å². The first-order valence-corrected chi connectivity index (χ1v) is 19.5. The lowest BCUT2D eigenvalue weighted by atomic mass is 9.98. The lowest BCUT2D eigenvalue weighted by Gasteiger charge is -2.30. The third-order valence-corrected chi connectivity index (χ3v) is 11.1.